The lowest BCUT2D eigenvalue weighted by molar-refractivity contribution is -0.142. The number of nitrogens with two attached hydrogens (primary N) is 2. The second kappa shape index (κ2) is 48.3. The number of phenols is 1. The van der Waals surface area contributed by atoms with Crippen molar-refractivity contribution in [2.75, 3.05) is 32.7 Å². The van der Waals surface area contributed by atoms with Crippen LogP contribution in [0.15, 0.2) is 97.2 Å². The smallest absolute Gasteiger partial charge is 0.239 e. The normalized spacial score (nSPS) is 23.4. The molecule has 2 heterocycles. The van der Waals surface area contributed by atoms with E-state index in [0.29, 0.717) is 55.2 Å². The van der Waals surface area contributed by atoms with E-state index in [4.69, 9.17) is 11.5 Å². The third-order valence-corrected chi connectivity index (χ3v) is 20.7. The highest BCUT2D eigenvalue weighted by Crippen LogP contribution is 2.24. The van der Waals surface area contributed by atoms with E-state index >= 15 is 4.79 Å². The summed E-state index contributed by atoms with van der Waals surface area (Å²) in [7, 11) is 0. The van der Waals surface area contributed by atoms with Gasteiger partial charge in [-0.25, -0.2) is 21.7 Å². The molecule has 1 aliphatic heterocycles. The highest BCUT2D eigenvalue weighted by atomic mass is 16.3. The molecule has 0 aliphatic carbocycles. The molecule has 1 aliphatic rings. The van der Waals surface area contributed by atoms with Crippen LogP contribution < -0.4 is 75.7 Å². The molecule has 3 aromatic carbocycles. The number of ketones is 9. The number of carbonyl (C=O) groups excluding carboxylic acids is 14. The summed E-state index contributed by atoms with van der Waals surface area (Å²) >= 11 is 0. The molecule has 19 N–H and O–H groups in total. The molecule has 5 amide bonds. The number of fused-ring (bicyclic) bond motifs is 1. The van der Waals surface area contributed by atoms with Gasteiger partial charge in [0.25, 0.3) is 0 Å². The zero-order valence-corrected chi connectivity index (χ0v) is 68.6. The second-order valence-electron chi connectivity index (χ2n) is 31.6. The number of hydrogen-bond acceptors (Lipinski definition) is 25. The number of hydrazine groups is 2. The first-order valence-electron chi connectivity index (χ1n) is 40.1. The Morgan fingerprint density at radius 2 is 1.26 bits per heavy atom. The van der Waals surface area contributed by atoms with Crippen LogP contribution in [0.25, 0.3) is 10.9 Å². The molecule has 0 radical (unpaired) electrons. The summed E-state index contributed by atoms with van der Waals surface area (Å²) in [5.41, 5.74) is 22.6. The van der Waals surface area contributed by atoms with E-state index in [1.54, 1.807) is 75.5 Å². The molecule has 0 saturated carbocycles. The number of aliphatic hydroxyl groups is 1. The number of aromatic nitrogens is 1. The van der Waals surface area contributed by atoms with Gasteiger partial charge in [0, 0.05) is 36.9 Å². The van der Waals surface area contributed by atoms with Gasteiger partial charge in [-0.1, -0.05) is 120 Å². The van der Waals surface area contributed by atoms with Crippen LogP contribution in [0.5, 0.6) is 5.75 Å². The van der Waals surface area contributed by atoms with Crippen molar-refractivity contribution >= 4 is 92.5 Å². The number of rotatable bonds is 29. The minimum atomic E-state index is -1.63. The first kappa shape index (κ1) is 96.3. The Kier molecular flexibility index (Phi) is 40.4. The zero-order valence-electron chi connectivity index (χ0n) is 68.6. The minimum Gasteiger partial charge on any atom is -0.508 e. The van der Waals surface area contributed by atoms with E-state index in [1.165, 1.54) is 39.8 Å². The van der Waals surface area contributed by atoms with Crippen molar-refractivity contribution in [3.8, 4) is 5.75 Å². The number of nitrogens with one attached hydrogen (secondary N) is 13. The predicted molar refractivity (Wildman–Crippen MR) is 437 cm³/mol. The van der Waals surface area contributed by atoms with E-state index in [-0.39, 0.29) is 100 Å². The van der Waals surface area contributed by atoms with Gasteiger partial charge in [0.15, 0.2) is 40.5 Å². The topological polar surface area (TPSA) is 492 Å². The Bertz CT molecular complexity index is 3960. The number of hydrogen-bond donors (Lipinski definition) is 17. The van der Waals surface area contributed by atoms with E-state index in [1.807, 2.05) is 58.0 Å². The number of primary amides is 1. The molecule has 0 spiro atoms. The summed E-state index contributed by atoms with van der Waals surface area (Å²) < 4.78 is 0. The van der Waals surface area contributed by atoms with Crippen LogP contribution >= 0.6 is 0 Å². The quantitative estimate of drug-likeness (QED) is 0.0161. The maximum absolute atomic E-state index is 15.0. The molecule has 0 fully saturated rings. The molecule has 5 rings (SSSR count). The Labute approximate surface area is 674 Å². The first-order chi connectivity index (χ1) is 54.4. The number of para-hydroxylation sites is 1. The highest BCUT2D eigenvalue weighted by Gasteiger charge is 2.41. The van der Waals surface area contributed by atoms with Crippen LogP contribution in [-0.4, -0.2) is 207 Å². The molecular weight excluding hydrogens is 1480 g/mol. The fourth-order valence-corrected chi connectivity index (χ4v) is 13.3. The summed E-state index contributed by atoms with van der Waals surface area (Å²) in [4.78, 5) is 199. The number of aromatic hydroxyl groups is 1. The molecule has 31 heteroatoms. The summed E-state index contributed by atoms with van der Waals surface area (Å²) in [5, 5.41) is 45.0. The van der Waals surface area contributed by atoms with Crippen molar-refractivity contribution < 1.29 is 77.3 Å². The maximum atomic E-state index is 15.0. The molecule has 31 nitrogen and oxygen atoms in total. The van der Waals surface area contributed by atoms with Gasteiger partial charge in [0.1, 0.15) is 23.9 Å². The molecule has 115 heavy (non-hydrogen) atoms. The van der Waals surface area contributed by atoms with Crippen LogP contribution in [0.3, 0.4) is 0 Å². The van der Waals surface area contributed by atoms with Gasteiger partial charge in [0.2, 0.25) is 41.1 Å². The Morgan fingerprint density at radius 3 is 1.91 bits per heavy atom. The summed E-state index contributed by atoms with van der Waals surface area (Å²) in [6.07, 6.45) is 7.53. The Morgan fingerprint density at radius 1 is 0.635 bits per heavy atom. The van der Waals surface area contributed by atoms with Gasteiger partial charge in [-0.2, -0.15) is 0 Å². The van der Waals surface area contributed by atoms with Crippen LogP contribution in [0.4, 0.5) is 0 Å². The van der Waals surface area contributed by atoms with Crippen LogP contribution in [0.2, 0.25) is 0 Å². The number of aromatic amines is 1. The number of amides is 5. The van der Waals surface area contributed by atoms with Crippen molar-refractivity contribution in [1.82, 2.24) is 69.2 Å². The van der Waals surface area contributed by atoms with Crippen molar-refractivity contribution in [2.45, 2.75) is 263 Å². The van der Waals surface area contributed by atoms with Gasteiger partial charge >= 0.3 is 0 Å². The van der Waals surface area contributed by atoms with Crippen LogP contribution in [-0.2, 0) is 86.4 Å². The monoisotopic (exact) mass is 1600 g/mol. The van der Waals surface area contributed by atoms with Crippen LogP contribution in [0.1, 0.15) is 183 Å². The first-order valence-corrected chi connectivity index (χ1v) is 40.1. The number of benzene rings is 3. The number of aliphatic hydroxyl groups excluding tert-OH is 1. The fourth-order valence-electron chi connectivity index (χ4n) is 13.3. The van der Waals surface area contributed by atoms with Crippen LogP contribution in [0, 0.1) is 11.8 Å². The summed E-state index contributed by atoms with van der Waals surface area (Å²) in [6.45, 7) is 15.8. The Balaban J connectivity index is 1.52. The van der Waals surface area contributed by atoms with Gasteiger partial charge in [-0.05, 0) is 159 Å². The van der Waals surface area contributed by atoms with E-state index < -0.39 is 174 Å². The van der Waals surface area contributed by atoms with E-state index in [2.05, 4.69) is 69.2 Å². The molecule has 1 aromatic heterocycles. The summed E-state index contributed by atoms with van der Waals surface area (Å²) in [6, 6.07) is 10.1. The lowest BCUT2D eigenvalue weighted by Gasteiger charge is -2.33. The summed E-state index contributed by atoms with van der Waals surface area (Å²) in [5.74, 6) is -9.41. The minimum absolute atomic E-state index is 0.0264. The van der Waals surface area contributed by atoms with Gasteiger partial charge in [0.05, 0.1) is 98.6 Å². The third kappa shape index (κ3) is 32.7. The second-order valence-corrected chi connectivity index (χ2v) is 31.6. The third-order valence-electron chi connectivity index (χ3n) is 20.7. The standard InChI is InChI=1S/C84H125N15O16/c1-50(2)38-65(92-56(9)101)78(111)79(112)77(55(8)100)98-96-68(41-57-26-20-19-21-27-57)82(115)95-83(10)36-24-17-15-13-12-14-16-18-25-37-84(11,75(109)49-88-53(6)71(105)44-85)99-97-67(39-51(3)4)81(114)93-63(34-35-76(86)110)73(107)47-87-52(5)69(103)43-70(104)64(42-59-45-90-62-29-23-22-28-61(59)62)94-80(113)66(40-58-30-32-60(102)33-31-58)91-46-72(106)54(7)89-48-74(83)108/h14,16,19-23,26-33,45,50-55,63-68,77,87-91,96-100,102H,12-13,15,17-18,24-25,34-44,46-49,85H2,1-11H3,(H2,86,110)(H,92,101)(H,93,114)(H,94,113)(H,95,115)/t52-,53-,54-,55+,63-,64-,65-,66-,67-,68-,77-,83+,84-/m0/s1. The molecule has 13 atom stereocenters. The van der Waals surface area contributed by atoms with Crippen molar-refractivity contribution in [3.05, 3.63) is 114 Å². The lowest BCUT2D eigenvalue weighted by atomic mass is 9.88. The van der Waals surface area contributed by atoms with Crippen molar-refractivity contribution in [1.29, 1.82) is 0 Å². The van der Waals surface area contributed by atoms with Crippen molar-refractivity contribution in [3.63, 3.8) is 0 Å². The Hall–Kier alpha value is -9.28. The van der Waals surface area contributed by atoms with E-state index in [0.717, 1.165) is 17.3 Å². The number of allylic oxidation sites excluding steroid dienone is 2. The molecule has 0 unspecified atom stereocenters. The maximum Gasteiger partial charge on any atom is 0.239 e. The number of phenolic OH excluding ortho intramolecular Hbond substituents is 1. The molecular formula is C84H125N15O16. The molecule has 632 valence electrons. The molecule has 0 bridgehead atoms. The van der Waals surface area contributed by atoms with Gasteiger partial charge in [-0.15, -0.1) is 0 Å². The van der Waals surface area contributed by atoms with E-state index in [9.17, 15) is 72.5 Å². The van der Waals surface area contributed by atoms with Gasteiger partial charge in [-0.3, -0.25) is 72.4 Å². The molecule has 4 aromatic rings. The average Bonchev–Trinajstić information content (AvgIpc) is 1.83. The number of Topliss-reactive ketones (excluding diaryl/α,β-unsaturated/α-hetero) is 9. The lowest BCUT2D eigenvalue weighted by Crippen LogP contribution is -2.64. The predicted octanol–water partition coefficient (Wildman–Crippen LogP) is 2.49. The van der Waals surface area contributed by atoms with Crippen molar-refractivity contribution in [2.24, 2.45) is 23.3 Å². The highest BCUT2D eigenvalue weighted by molar-refractivity contribution is 6.41. The largest absolute Gasteiger partial charge is 0.508 e. The molecule has 0 saturated heterocycles. The average molecular weight is 1600 g/mol. The fraction of sp³-hybridized carbons (Fsp3) is 0.571. The number of carbonyl (C=O) groups is 14. The van der Waals surface area contributed by atoms with Gasteiger partial charge < -0.3 is 63.9 Å². The zero-order chi connectivity index (χ0) is 85.1. The SMILES string of the molecule is CC(=O)N[C@@H](CC(C)C)C(=O)C(=O)[C@@H](NN[C@@H](Cc1ccccc1)C(=O)N[C@]1(C)CCCCCCC=CCCC[C@@](C)(C(=O)CN[C@@H](C)C(=O)CN)NN[C@@H](CC(C)C)C(=O)N[C@@H](CCC(N)=O)C(=O)CN[C@@H](C)C(=O)CC(=O)[C@H](Cc2c[nH]c3ccccc23)NC(=O)[C@H](Cc2ccc(O)cc2)NCC(=O)[C@H](C)NCC1=O)[C@@H](C)O. The number of H-pyrrole nitrogens is 1.